The van der Waals surface area contributed by atoms with E-state index in [0.717, 1.165) is 43.0 Å². The van der Waals surface area contributed by atoms with Gasteiger partial charge in [0, 0.05) is 49.0 Å². The zero-order valence-corrected chi connectivity index (χ0v) is 25.3. The van der Waals surface area contributed by atoms with Gasteiger partial charge in [-0.05, 0) is 92.2 Å². The van der Waals surface area contributed by atoms with Crippen LogP contribution in [0, 0.1) is 29.0 Å². The molecule has 6 atom stereocenters. The molecule has 1 aliphatic heterocycles. The fraction of sp³-hybridized carbons (Fsp3) is 0.576. The summed E-state index contributed by atoms with van der Waals surface area (Å²) in [4.78, 5) is 20.5. The smallest absolute Gasteiger partial charge is 0.251 e. The highest BCUT2D eigenvalue weighted by Gasteiger charge is 2.56. The predicted molar refractivity (Wildman–Crippen MR) is 163 cm³/mol. The molecule has 0 unspecified atom stereocenters. The van der Waals surface area contributed by atoms with Crippen LogP contribution >= 0.6 is 0 Å². The van der Waals surface area contributed by atoms with E-state index in [4.69, 9.17) is 9.73 Å². The van der Waals surface area contributed by atoms with Crippen molar-refractivity contribution in [2.24, 2.45) is 28.2 Å². The van der Waals surface area contributed by atoms with Crippen LogP contribution in [0.5, 0.6) is 5.75 Å². The molecule has 4 fully saturated rings. The third-order valence-electron chi connectivity index (χ3n) is 9.80. The number of carbonyl (C=O) groups excluding carboxylic acids is 1. The second-order valence-electron chi connectivity index (χ2n) is 13.0. The first-order valence-electron chi connectivity index (χ1n) is 15.1. The Bertz CT molecular complexity index is 1250. The van der Waals surface area contributed by atoms with Gasteiger partial charge in [-0.2, -0.15) is 0 Å². The average Bonchev–Trinajstić information content (AvgIpc) is 2.93. The van der Waals surface area contributed by atoms with Crippen molar-refractivity contribution in [2.75, 3.05) is 32.1 Å². The second-order valence-corrected chi connectivity index (χ2v) is 13.0. The lowest BCUT2D eigenvalue weighted by Gasteiger charge is -2.61. The van der Waals surface area contributed by atoms with Crippen LogP contribution in [-0.2, 0) is 6.42 Å². The van der Waals surface area contributed by atoms with Gasteiger partial charge in [0.05, 0.1) is 13.2 Å². The standard InChI is InChI=1S/C33H46FN5O2/c1-20-18-39(19-21(2)36-20)32(38-30-16-25-15-28(22(30)3)33(25,4)5)37-26-10-7-24(8-11-26)31(40)35-14-13-23-9-12-27(41-6)17-29(23)34/h7-12,17,20-22,25,28,30,36H,13-16,18-19H2,1-6H3,(H,35,40)(H,37,38)/t20-,21+,22-,25+,28-,30-/m0/s1. The van der Waals surface area contributed by atoms with Crippen molar-refractivity contribution in [1.82, 2.24) is 15.5 Å². The Balaban J connectivity index is 1.24. The summed E-state index contributed by atoms with van der Waals surface area (Å²) in [5.41, 5.74) is 2.45. The number of halogens is 1. The van der Waals surface area contributed by atoms with Crippen molar-refractivity contribution in [3.05, 3.63) is 59.4 Å². The Kier molecular flexibility index (Phi) is 8.60. The molecule has 4 aliphatic rings. The van der Waals surface area contributed by atoms with Crippen molar-refractivity contribution >= 4 is 17.6 Å². The summed E-state index contributed by atoms with van der Waals surface area (Å²) in [5, 5.41) is 10.1. The van der Waals surface area contributed by atoms with E-state index in [2.05, 4.69) is 55.5 Å². The van der Waals surface area contributed by atoms with Crippen molar-refractivity contribution in [2.45, 2.75) is 72.0 Å². The van der Waals surface area contributed by atoms with Crippen LogP contribution in [0.2, 0.25) is 0 Å². The van der Waals surface area contributed by atoms with E-state index in [9.17, 15) is 9.18 Å². The molecule has 2 aromatic carbocycles. The number of aliphatic imine (C=N–C) groups is 1. The lowest BCUT2D eigenvalue weighted by molar-refractivity contribution is -0.108. The van der Waals surface area contributed by atoms with Crippen molar-refractivity contribution in [3.8, 4) is 5.75 Å². The van der Waals surface area contributed by atoms with Gasteiger partial charge in [0.2, 0.25) is 0 Å². The van der Waals surface area contributed by atoms with E-state index in [1.807, 2.05) is 24.3 Å². The number of nitrogens with zero attached hydrogens (tertiary/aromatic N) is 2. The number of guanidine groups is 1. The fourth-order valence-electron chi connectivity index (χ4n) is 7.25. The number of piperazine rings is 1. The Morgan fingerprint density at radius 1 is 1.10 bits per heavy atom. The van der Waals surface area contributed by atoms with Gasteiger partial charge in [-0.1, -0.05) is 26.8 Å². The SMILES string of the molecule is COc1ccc(CCNC(=O)c2ccc(NC(=N[C@H]3C[C@H]4C[C@@H]([C@@H]3C)C4(C)C)N3C[C@@H](C)N[C@@H](C)C3)cc2)c(F)c1. The zero-order valence-electron chi connectivity index (χ0n) is 25.3. The molecule has 2 bridgehead atoms. The molecule has 41 heavy (non-hydrogen) atoms. The van der Waals surface area contributed by atoms with Crippen LogP contribution in [0.1, 0.15) is 63.4 Å². The zero-order chi connectivity index (χ0) is 29.3. The Hall–Kier alpha value is -3.13. The minimum Gasteiger partial charge on any atom is -0.497 e. The maximum Gasteiger partial charge on any atom is 0.251 e. The number of hydrogen-bond donors (Lipinski definition) is 3. The first-order valence-corrected chi connectivity index (χ1v) is 15.1. The number of rotatable bonds is 7. The lowest BCUT2D eigenvalue weighted by Crippen LogP contribution is -2.59. The molecule has 1 heterocycles. The molecule has 1 saturated heterocycles. The summed E-state index contributed by atoms with van der Waals surface area (Å²) in [5.74, 6) is 2.94. The summed E-state index contributed by atoms with van der Waals surface area (Å²) < 4.78 is 19.3. The number of carbonyl (C=O) groups is 1. The van der Waals surface area contributed by atoms with Crippen molar-refractivity contribution in [3.63, 3.8) is 0 Å². The molecule has 222 valence electrons. The summed E-state index contributed by atoms with van der Waals surface area (Å²) in [6.45, 7) is 13.8. The van der Waals surface area contributed by atoms with Gasteiger partial charge in [0.15, 0.2) is 5.96 Å². The highest BCUT2D eigenvalue weighted by Crippen LogP contribution is 2.61. The molecule has 1 amide bonds. The molecular weight excluding hydrogens is 517 g/mol. The van der Waals surface area contributed by atoms with Crippen LogP contribution in [0.4, 0.5) is 10.1 Å². The molecule has 0 spiro atoms. The summed E-state index contributed by atoms with van der Waals surface area (Å²) in [7, 11) is 1.51. The van der Waals surface area contributed by atoms with E-state index in [0.29, 0.717) is 59.3 Å². The largest absolute Gasteiger partial charge is 0.497 e. The van der Waals surface area contributed by atoms with Crippen LogP contribution in [0.25, 0.3) is 0 Å². The average molecular weight is 564 g/mol. The van der Waals surface area contributed by atoms with Gasteiger partial charge in [0.25, 0.3) is 5.91 Å². The van der Waals surface area contributed by atoms with E-state index in [1.165, 1.54) is 19.6 Å². The van der Waals surface area contributed by atoms with Crippen LogP contribution in [-0.4, -0.2) is 61.6 Å². The maximum absolute atomic E-state index is 14.2. The molecule has 3 N–H and O–H groups in total. The van der Waals surface area contributed by atoms with Crippen molar-refractivity contribution < 1.29 is 13.9 Å². The number of benzene rings is 2. The molecular formula is C33H46FN5O2. The molecule has 3 saturated carbocycles. The molecule has 3 aliphatic carbocycles. The number of ether oxygens (including phenoxy) is 1. The number of anilines is 1. The van der Waals surface area contributed by atoms with Gasteiger partial charge in [-0.15, -0.1) is 0 Å². The quantitative estimate of drug-likeness (QED) is 0.314. The third kappa shape index (κ3) is 6.37. The molecule has 0 aromatic heterocycles. The maximum atomic E-state index is 14.2. The molecule has 6 rings (SSSR count). The first kappa shape index (κ1) is 29.4. The van der Waals surface area contributed by atoms with Crippen LogP contribution in [0.15, 0.2) is 47.5 Å². The molecule has 8 heteroatoms. The fourth-order valence-corrected chi connectivity index (χ4v) is 7.25. The second kappa shape index (κ2) is 12.0. The van der Waals surface area contributed by atoms with Crippen LogP contribution < -0.4 is 20.7 Å². The minimum atomic E-state index is -0.330. The normalized spacial score (nSPS) is 29.0. The predicted octanol–water partition coefficient (Wildman–Crippen LogP) is 5.33. The Labute approximate surface area is 244 Å². The highest BCUT2D eigenvalue weighted by atomic mass is 19.1. The van der Waals surface area contributed by atoms with Crippen molar-refractivity contribution in [1.29, 1.82) is 0 Å². The van der Waals surface area contributed by atoms with Gasteiger partial charge in [-0.25, -0.2) is 9.38 Å². The Morgan fingerprint density at radius 2 is 1.80 bits per heavy atom. The van der Waals surface area contributed by atoms with Gasteiger partial charge in [-0.3, -0.25) is 4.79 Å². The van der Waals surface area contributed by atoms with E-state index < -0.39 is 0 Å². The van der Waals surface area contributed by atoms with E-state index >= 15 is 0 Å². The lowest BCUT2D eigenvalue weighted by atomic mass is 9.45. The summed E-state index contributed by atoms with van der Waals surface area (Å²) in [6, 6.07) is 13.4. The monoisotopic (exact) mass is 563 g/mol. The molecule has 2 aromatic rings. The number of fused-ring (bicyclic) bond motifs is 2. The topological polar surface area (TPSA) is 78.0 Å². The molecule has 0 radical (unpaired) electrons. The summed E-state index contributed by atoms with van der Waals surface area (Å²) >= 11 is 0. The number of hydrogen-bond acceptors (Lipinski definition) is 4. The van der Waals surface area contributed by atoms with Crippen LogP contribution in [0.3, 0.4) is 0 Å². The third-order valence-corrected chi connectivity index (χ3v) is 9.80. The Morgan fingerprint density at radius 3 is 2.41 bits per heavy atom. The van der Waals surface area contributed by atoms with Gasteiger partial charge in [0.1, 0.15) is 11.6 Å². The van der Waals surface area contributed by atoms with E-state index in [1.54, 1.807) is 12.1 Å². The van der Waals surface area contributed by atoms with Gasteiger partial charge < -0.3 is 25.6 Å². The number of amides is 1. The van der Waals surface area contributed by atoms with Gasteiger partial charge >= 0.3 is 0 Å². The summed E-state index contributed by atoms with van der Waals surface area (Å²) in [6.07, 6.45) is 2.89. The van der Waals surface area contributed by atoms with E-state index in [-0.39, 0.29) is 11.7 Å². The minimum absolute atomic E-state index is 0.179. The number of methoxy groups -OCH3 is 1. The number of nitrogens with one attached hydrogen (secondary N) is 3. The highest BCUT2D eigenvalue weighted by molar-refractivity contribution is 5.96. The molecule has 7 nitrogen and oxygen atoms in total. The first-order chi connectivity index (χ1) is 19.5.